The lowest BCUT2D eigenvalue weighted by molar-refractivity contribution is -0.116. The molecule has 3 heteroatoms. The summed E-state index contributed by atoms with van der Waals surface area (Å²) in [6.45, 7) is 3.62. The van der Waals surface area contributed by atoms with Gasteiger partial charge >= 0.3 is 0 Å². The third-order valence-corrected chi connectivity index (χ3v) is 4.57. The van der Waals surface area contributed by atoms with Crippen LogP contribution in [0.4, 0.5) is 0 Å². The van der Waals surface area contributed by atoms with Crippen LogP contribution in [0.3, 0.4) is 0 Å². The summed E-state index contributed by atoms with van der Waals surface area (Å²) < 4.78 is -0.672. The molecule has 0 fully saturated rings. The van der Waals surface area contributed by atoms with E-state index >= 15 is 0 Å². The van der Waals surface area contributed by atoms with E-state index in [2.05, 4.69) is 0 Å². The zero-order valence-corrected chi connectivity index (χ0v) is 11.0. The molecule has 0 unspecified atom stereocenters. The highest BCUT2D eigenvalue weighted by atomic mass is 32.2. The smallest absolute Gasteiger partial charge is 0.231 e. The molecule has 0 atom stereocenters. The van der Waals surface area contributed by atoms with Crippen molar-refractivity contribution in [2.45, 2.75) is 23.5 Å². The molecule has 0 saturated heterocycles. The molecule has 0 aliphatic carbocycles. The maximum Gasteiger partial charge on any atom is 0.231 e. The van der Waals surface area contributed by atoms with E-state index in [9.17, 15) is 9.59 Å². The fourth-order valence-corrected chi connectivity index (χ4v) is 3.49. The van der Waals surface area contributed by atoms with E-state index in [1.165, 1.54) is 11.8 Å². The highest BCUT2D eigenvalue weighted by Crippen LogP contribution is 2.44. The minimum Gasteiger partial charge on any atom is -0.289 e. The third-order valence-electron chi connectivity index (χ3n) is 3.23. The Morgan fingerprint density at radius 2 is 1.72 bits per heavy atom. The lowest BCUT2D eigenvalue weighted by Crippen LogP contribution is -2.38. The first-order chi connectivity index (χ1) is 8.50. The molecule has 1 aliphatic rings. The number of fused-ring (bicyclic) bond motifs is 3. The van der Waals surface area contributed by atoms with E-state index in [0.717, 1.165) is 15.7 Å². The van der Waals surface area contributed by atoms with Crippen LogP contribution in [-0.4, -0.2) is 16.3 Å². The molecular formula is C15H12O2S. The molecule has 90 valence electrons. The number of benzene rings is 2. The van der Waals surface area contributed by atoms with Crippen molar-refractivity contribution < 1.29 is 9.59 Å². The summed E-state index contributed by atoms with van der Waals surface area (Å²) >= 11 is 1.49. The molecule has 0 spiro atoms. The number of hydrogen-bond donors (Lipinski definition) is 0. The average Bonchev–Trinajstić information content (AvgIpc) is 2.36. The van der Waals surface area contributed by atoms with Gasteiger partial charge in [0, 0.05) is 10.5 Å². The van der Waals surface area contributed by atoms with Gasteiger partial charge in [-0.2, -0.15) is 0 Å². The zero-order valence-electron chi connectivity index (χ0n) is 10.2. The first kappa shape index (κ1) is 11.5. The van der Waals surface area contributed by atoms with Crippen LogP contribution >= 0.6 is 11.8 Å². The zero-order chi connectivity index (χ0) is 12.9. The molecule has 0 N–H and O–H groups in total. The van der Waals surface area contributed by atoms with Crippen LogP contribution in [0.1, 0.15) is 24.2 Å². The van der Waals surface area contributed by atoms with E-state index in [-0.39, 0.29) is 11.6 Å². The molecular weight excluding hydrogens is 244 g/mol. The van der Waals surface area contributed by atoms with Crippen LogP contribution in [0.2, 0.25) is 0 Å². The van der Waals surface area contributed by atoms with Crippen LogP contribution in [0.25, 0.3) is 10.8 Å². The van der Waals surface area contributed by atoms with Gasteiger partial charge in [0.1, 0.15) is 0 Å². The Morgan fingerprint density at radius 1 is 1.00 bits per heavy atom. The second-order valence-corrected chi connectivity index (χ2v) is 6.57. The maximum atomic E-state index is 12.1. The van der Waals surface area contributed by atoms with Crippen molar-refractivity contribution >= 4 is 34.1 Å². The second-order valence-electron chi connectivity index (χ2n) is 4.93. The van der Waals surface area contributed by atoms with E-state index < -0.39 is 4.75 Å². The van der Waals surface area contributed by atoms with Crippen LogP contribution in [0.15, 0.2) is 41.3 Å². The number of Topliss-reactive ketones (excluding diaryl/α,β-unsaturated/α-hetero) is 2. The Kier molecular flexibility index (Phi) is 2.35. The number of hydrogen-bond acceptors (Lipinski definition) is 3. The van der Waals surface area contributed by atoms with E-state index in [1.807, 2.05) is 44.2 Å². The summed E-state index contributed by atoms with van der Waals surface area (Å²) in [6, 6.07) is 11.6. The van der Waals surface area contributed by atoms with Gasteiger partial charge in [0.05, 0.1) is 4.75 Å². The van der Waals surface area contributed by atoms with Crippen LogP contribution in [0, 0.1) is 0 Å². The largest absolute Gasteiger partial charge is 0.289 e. The monoisotopic (exact) mass is 256 g/mol. The van der Waals surface area contributed by atoms with Crippen molar-refractivity contribution in [3.05, 3.63) is 42.0 Å². The van der Waals surface area contributed by atoms with Crippen molar-refractivity contribution in [1.29, 1.82) is 0 Å². The first-order valence-electron chi connectivity index (χ1n) is 5.80. The summed E-state index contributed by atoms with van der Waals surface area (Å²) in [7, 11) is 0. The van der Waals surface area contributed by atoms with Gasteiger partial charge in [-0.1, -0.05) is 30.3 Å². The minimum atomic E-state index is -0.672. The molecule has 18 heavy (non-hydrogen) atoms. The SMILES string of the molecule is CC1(C)Sc2c(ccc3ccccc23)C(=O)C1=O. The summed E-state index contributed by atoms with van der Waals surface area (Å²) in [5.41, 5.74) is 0.544. The molecule has 1 heterocycles. The Bertz CT molecular complexity index is 686. The molecule has 1 aliphatic heterocycles. The Hall–Kier alpha value is -1.61. The first-order valence-corrected chi connectivity index (χ1v) is 6.62. The molecule has 0 aromatic heterocycles. The fraction of sp³-hybridized carbons (Fsp3) is 0.200. The molecule has 0 bridgehead atoms. The van der Waals surface area contributed by atoms with Gasteiger partial charge in [-0.05, 0) is 30.7 Å². The molecule has 0 saturated carbocycles. The highest BCUT2D eigenvalue weighted by Gasteiger charge is 2.41. The van der Waals surface area contributed by atoms with E-state index in [4.69, 9.17) is 0 Å². The van der Waals surface area contributed by atoms with Crippen LogP contribution in [0.5, 0.6) is 0 Å². The van der Waals surface area contributed by atoms with Crippen molar-refractivity contribution in [2.24, 2.45) is 0 Å². The topological polar surface area (TPSA) is 34.1 Å². The predicted octanol–water partition coefficient (Wildman–Crippen LogP) is 3.48. The molecule has 2 aromatic carbocycles. The van der Waals surface area contributed by atoms with Gasteiger partial charge in [-0.25, -0.2) is 0 Å². The van der Waals surface area contributed by atoms with Gasteiger partial charge in [-0.15, -0.1) is 11.8 Å². The molecule has 2 aromatic rings. The number of thioether (sulfide) groups is 1. The summed E-state index contributed by atoms with van der Waals surface area (Å²) in [5, 5.41) is 2.15. The number of rotatable bonds is 0. The van der Waals surface area contributed by atoms with E-state index in [0.29, 0.717) is 5.56 Å². The average molecular weight is 256 g/mol. The molecule has 2 nitrogen and oxygen atoms in total. The Morgan fingerprint density at radius 3 is 2.50 bits per heavy atom. The number of carbonyl (C=O) groups is 2. The standard InChI is InChI=1S/C15H12O2S/c1-15(2)14(17)12(16)11-8-7-9-5-3-4-6-10(9)13(11)18-15/h3-8H,1-2H3. The summed E-state index contributed by atoms with van der Waals surface area (Å²) in [5.74, 6) is -0.671. The minimum absolute atomic E-state index is 0.310. The number of ketones is 2. The van der Waals surface area contributed by atoms with Gasteiger partial charge < -0.3 is 0 Å². The maximum absolute atomic E-state index is 12.1. The Labute approximate surface area is 109 Å². The molecule has 0 amide bonds. The third kappa shape index (κ3) is 1.51. The summed E-state index contributed by atoms with van der Waals surface area (Å²) in [6.07, 6.45) is 0. The quantitative estimate of drug-likeness (QED) is 0.677. The van der Waals surface area contributed by atoms with Crippen LogP contribution < -0.4 is 0 Å². The Balaban J connectivity index is 2.36. The molecule has 0 radical (unpaired) electrons. The number of carbonyl (C=O) groups excluding carboxylic acids is 2. The van der Waals surface area contributed by atoms with E-state index in [1.54, 1.807) is 6.07 Å². The van der Waals surface area contributed by atoms with Gasteiger partial charge in [0.2, 0.25) is 11.6 Å². The fourth-order valence-electron chi connectivity index (χ4n) is 2.23. The lowest BCUT2D eigenvalue weighted by atomic mass is 9.96. The van der Waals surface area contributed by atoms with Crippen molar-refractivity contribution in [1.82, 2.24) is 0 Å². The lowest BCUT2D eigenvalue weighted by Gasteiger charge is -2.28. The second kappa shape index (κ2) is 3.69. The van der Waals surface area contributed by atoms with Crippen molar-refractivity contribution in [2.75, 3.05) is 0 Å². The van der Waals surface area contributed by atoms with Crippen molar-refractivity contribution in [3.63, 3.8) is 0 Å². The van der Waals surface area contributed by atoms with Crippen LogP contribution in [-0.2, 0) is 4.79 Å². The highest BCUT2D eigenvalue weighted by molar-refractivity contribution is 8.02. The predicted molar refractivity (Wildman–Crippen MR) is 73.2 cm³/mol. The van der Waals surface area contributed by atoms with Gasteiger partial charge in [0.15, 0.2) is 0 Å². The normalized spacial score (nSPS) is 17.9. The molecule has 3 rings (SSSR count). The van der Waals surface area contributed by atoms with Crippen molar-refractivity contribution in [3.8, 4) is 0 Å². The van der Waals surface area contributed by atoms with Gasteiger partial charge in [-0.3, -0.25) is 9.59 Å². The van der Waals surface area contributed by atoms with Gasteiger partial charge in [0.25, 0.3) is 0 Å². The summed E-state index contributed by atoms with van der Waals surface area (Å²) in [4.78, 5) is 25.0.